The first-order valence-corrected chi connectivity index (χ1v) is 7.04. The van der Waals surface area contributed by atoms with Gasteiger partial charge in [-0.2, -0.15) is 15.0 Å². The van der Waals surface area contributed by atoms with Crippen LogP contribution < -0.4 is 10.5 Å². The first-order valence-electron chi connectivity index (χ1n) is 7.04. The smallest absolute Gasteiger partial charge is 0.178 e. The number of aromatic nitrogens is 4. The van der Waals surface area contributed by atoms with E-state index in [1.54, 1.807) is 6.07 Å². The quantitative estimate of drug-likeness (QED) is 0.792. The van der Waals surface area contributed by atoms with E-state index in [1.807, 2.05) is 43.3 Å². The Kier molecular flexibility index (Phi) is 3.89. The molecule has 2 N–H and O–H groups in total. The molecule has 0 atom stereocenters. The van der Waals surface area contributed by atoms with Crippen LogP contribution in [0.3, 0.4) is 0 Å². The van der Waals surface area contributed by atoms with E-state index in [4.69, 9.17) is 15.7 Å². The number of rotatable bonds is 4. The van der Waals surface area contributed by atoms with Crippen molar-refractivity contribution in [3.8, 4) is 28.9 Å². The minimum Gasteiger partial charge on any atom is -0.494 e. The lowest BCUT2D eigenvalue weighted by atomic mass is 10.1. The van der Waals surface area contributed by atoms with Crippen molar-refractivity contribution in [2.75, 3.05) is 12.3 Å². The fourth-order valence-corrected chi connectivity index (χ4v) is 2.11. The zero-order valence-corrected chi connectivity index (χ0v) is 12.5. The normalized spacial score (nSPS) is 10.3. The summed E-state index contributed by atoms with van der Waals surface area (Å²) in [5, 5.41) is 21.3. The van der Waals surface area contributed by atoms with E-state index in [9.17, 15) is 0 Å². The van der Waals surface area contributed by atoms with Gasteiger partial charge in [0.2, 0.25) is 0 Å². The Morgan fingerprint density at radius 2 is 1.96 bits per heavy atom. The molecule has 0 fully saturated rings. The number of nitrogen functional groups attached to an aromatic ring is 1. The van der Waals surface area contributed by atoms with E-state index in [0.717, 1.165) is 17.0 Å². The molecule has 2 aromatic heterocycles. The molecule has 0 amide bonds. The zero-order chi connectivity index (χ0) is 16.2. The second kappa shape index (κ2) is 6.15. The number of nitriles is 1. The molecule has 2 heterocycles. The Bertz CT molecular complexity index is 846. The summed E-state index contributed by atoms with van der Waals surface area (Å²) in [4.78, 5) is 0. The largest absolute Gasteiger partial charge is 0.494 e. The first-order chi connectivity index (χ1) is 11.2. The van der Waals surface area contributed by atoms with Crippen LogP contribution in [0.25, 0.3) is 17.1 Å². The summed E-state index contributed by atoms with van der Waals surface area (Å²) in [5.41, 5.74) is 7.80. The Morgan fingerprint density at radius 3 is 2.52 bits per heavy atom. The highest BCUT2D eigenvalue weighted by molar-refractivity contribution is 5.60. The summed E-state index contributed by atoms with van der Waals surface area (Å²) in [6.45, 7) is 2.57. The monoisotopic (exact) mass is 306 g/mol. The van der Waals surface area contributed by atoms with Gasteiger partial charge in [0, 0.05) is 5.56 Å². The Labute approximate surface area is 133 Å². The molecule has 0 saturated heterocycles. The molecular weight excluding hydrogens is 292 g/mol. The minimum absolute atomic E-state index is 0.246. The van der Waals surface area contributed by atoms with Crippen molar-refractivity contribution >= 4 is 5.82 Å². The summed E-state index contributed by atoms with van der Waals surface area (Å²) in [5.74, 6) is 1.52. The topological polar surface area (TPSA) is 103 Å². The Balaban J connectivity index is 1.87. The van der Waals surface area contributed by atoms with Gasteiger partial charge < -0.3 is 10.5 Å². The number of hydrogen-bond donors (Lipinski definition) is 1. The fraction of sp³-hybridized carbons (Fsp3) is 0.125. The first kappa shape index (κ1) is 14.5. The molecule has 114 valence electrons. The molecule has 0 radical (unpaired) electrons. The van der Waals surface area contributed by atoms with Gasteiger partial charge in [-0.15, -0.1) is 10.2 Å². The van der Waals surface area contributed by atoms with Crippen LogP contribution in [-0.4, -0.2) is 26.6 Å². The summed E-state index contributed by atoms with van der Waals surface area (Å²) in [6.07, 6.45) is 1.40. The molecule has 0 bridgehead atoms. The maximum atomic E-state index is 8.90. The van der Waals surface area contributed by atoms with Crippen molar-refractivity contribution in [2.24, 2.45) is 0 Å². The SMILES string of the molecule is CCOc1ccc(-c2ccc(-n3ncc(C#N)c3N)nn2)cc1. The molecule has 7 nitrogen and oxygen atoms in total. The standard InChI is InChI=1S/C16H14N6O/c1-2-23-13-5-3-11(4-6-13)14-7-8-15(21-20-14)22-16(18)12(9-17)10-19-22/h3-8,10H,2,18H2,1H3. The third-order valence-electron chi connectivity index (χ3n) is 3.26. The maximum absolute atomic E-state index is 8.90. The van der Waals surface area contributed by atoms with Crippen LogP contribution in [0.1, 0.15) is 12.5 Å². The molecule has 1 aromatic carbocycles. The molecule has 23 heavy (non-hydrogen) atoms. The molecular formula is C16H14N6O. The second-order valence-corrected chi connectivity index (χ2v) is 4.70. The van der Waals surface area contributed by atoms with Crippen LogP contribution >= 0.6 is 0 Å². The molecule has 0 saturated carbocycles. The Hall–Kier alpha value is -3.40. The van der Waals surface area contributed by atoms with E-state index in [1.165, 1.54) is 10.9 Å². The highest BCUT2D eigenvalue weighted by Gasteiger charge is 2.10. The van der Waals surface area contributed by atoms with E-state index < -0.39 is 0 Å². The molecule has 0 unspecified atom stereocenters. The molecule has 0 spiro atoms. The number of ether oxygens (including phenoxy) is 1. The van der Waals surface area contributed by atoms with Crippen LogP contribution in [0.5, 0.6) is 5.75 Å². The highest BCUT2D eigenvalue weighted by Crippen LogP contribution is 2.21. The number of nitrogens with zero attached hydrogens (tertiary/aromatic N) is 5. The van der Waals surface area contributed by atoms with Gasteiger partial charge in [0.25, 0.3) is 0 Å². The van der Waals surface area contributed by atoms with Gasteiger partial charge in [-0.3, -0.25) is 0 Å². The van der Waals surface area contributed by atoms with Crippen LogP contribution in [0.15, 0.2) is 42.6 Å². The lowest BCUT2D eigenvalue weighted by molar-refractivity contribution is 0.340. The molecule has 0 aliphatic rings. The number of nitrogens with two attached hydrogens (primary N) is 1. The van der Waals surface area contributed by atoms with Crippen LogP contribution in [-0.2, 0) is 0 Å². The summed E-state index contributed by atoms with van der Waals surface area (Å²) in [6, 6.07) is 13.2. The van der Waals surface area contributed by atoms with E-state index in [2.05, 4.69) is 15.3 Å². The van der Waals surface area contributed by atoms with Crippen LogP contribution in [0.4, 0.5) is 5.82 Å². The lowest BCUT2D eigenvalue weighted by Gasteiger charge is -2.06. The summed E-state index contributed by atoms with van der Waals surface area (Å²) in [7, 11) is 0. The fourth-order valence-electron chi connectivity index (χ4n) is 2.11. The van der Waals surface area contributed by atoms with Crippen molar-refractivity contribution in [1.29, 1.82) is 5.26 Å². The molecule has 7 heteroatoms. The zero-order valence-electron chi connectivity index (χ0n) is 12.5. The summed E-state index contributed by atoms with van der Waals surface area (Å²) < 4.78 is 6.79. The summed E-state index contributed by atoms with van der Waals surface area (Å²) >= 11 is 0. The van der Waals surface area contributed by atoms with Crippen molar-refractivity contribution in [2.45, 2.75) is 6.92 Å². The average molecular weight is 306 g/mol. The molecule has 0 aliphatic heterocycles. The van der Waals surface area contributed by atoms with Gasteiger partial charge in [0.1, 0.15) is 23.2 Å². The number of hydrogen-bond acceptors (Lipinski definition) is 6. The van der Waals surface area contributed by atoms with E-state index >= 15 is 0 Å². The van der Waals surface area contributed by atoms with Gasteiger partial charge in [0.05, 0.1) is 18.5 Å². The highest BCUT2D eigenvalue weighted by atomic mass is 16.5. The molecule has 3 aromatic rings. The molecule has 0 aliphatic carbocycles. The van der Waals surface area contributed by atoms with Crippen molar-refractivity contribution in [1.82, 2.24) is 20.0 Å². The molecule has 3 rings (SSSR count). The van der Waals surface area contributed by atoms with Crippen molar-refractivity contribution in [3.63, 3.8) is 0 Å². The Morgan fingerprint density at radius 1 is 1.17 bits per heavy atom. The van der Waals surface area contributed by atoms with E-state index in [-0.39, 0.29) is 5.82 Å². The number of benzene rings is 1. The number of anilines is 1. The van der Waals surface area contributed by atoms with Crippen LogP contribution in [0.2, 0.25) is 0 Å². The third-order valence-corrected chi connectivity index (χ3v) is 3.26. The maximum Gasteiger partial charge on any atom is 0.178 e. The predicted molar refractivity (Wildman–Crippen MR) is 84.9 cm³/mol. The van der Waals surface area contributed by atoms with Crippen molar-refractivity contribution in [3.05, 3.63) is 48.2 Å². The third kappa shape index (κ3) is 2.82. The average Bonchev–Trinajstić information content (AvgIpc) is 2.97. The van der Waals surface area contributed by atoms with Gasteiger partial charge in [-0.05, 0) is 43.3 Å². The van der Waals surface area contributed by atoms with E-state index in [0.29, 0.717) is 18.0 Å². The lowest BCUT2D eigenvalue weighted by Crippen LogP contribution is -2.05. The van der Waals surface area contributed by atoms with Gasteiger partial charge in [-0.1, -0.05) is 0 Å². The second-order valence-electron chi connectivity index (χ2n) is 4.70. The van der Waals surface area contributed by atoms with Gasteiger partial charge in [0.15, 0.2) is 5.82 Å². The van der Waals surface area contributed by atoms with Crippen LogP contribution in [0, 0.1) is 11.3 Å². The minimum atomic E-state index is 0.246. The van der Waals surface area contributed by atoms with Crippen molar-refractivity contribution < 1.29 is 4.74 Å². The van der Waals surface area contributed by atoms with Gasteiger partial charge >= 0.3 is 0 Å². The predicted octanol–water partition coefficient (Wildman–Crippen LogP) is 2.18. The van der Waals surface area contributed by atoms with Gasteiger partial charge in [-0.25, -0.2) is 0 Å².